The van der Waals surface area contributed by atoms with Gasteiger partial charge in [0.05, 0.1) is 5.75 Å². The van der Waals surface area contributed by atoms with Crippen LogP contribution in [0.2, 0.25) is 0 Å². The molecular formula is C13H17N3O3S. The van der Waals surface area contributed by atoms with E-state index in [0.29, 0.717) is 5.39 Å². The molecule has 1 heterocycles. The minimum atomic E-state index is -3.37. The maximum absolute atomic E-state index is 12.3. The minimum absolute atomic E-state index is 0.0377. The number of sulfonamides is 1. The lowest BCUT2D eigenvalue weighted by Gasteiger charge is -2.14. The summed E-state index contributed by atoms with van der Waals surface area (Å²) in [6.45, 7) is 0.0377. The Morgan fingerprint density at radius 1 is 1.25 bits per heavy atom. The Labute approximate surface area is 117 Å². The van der Waals surface area contributed by atoms with Crippen molar-refractivity contribution in [2.75, 3.05) is 25.6 Å². The molecule has 0 saturated carbocycles. The van der Waals surface area contributed by atoms with Gasteiger partial charge in [0.1, 0.15) is 5.82 Å². The van der Waals surface area contributed by atoms with E-state index in [4.69, 9.17) is 5.73 Å². The molecule has 1 aromatic carbocycles. The molecule has 2 rings (SSSR count). The Bertz CT molecular complexity index is 794. The van der Waals surface area contributed by atoms with Crippen molar-refractivity contribution in [3.63, 3.8) is 0 Å². The van der Waals surface area contributed by atoms with Gasteiger partial charge >= 0.3 is 0 Å². The van der Waals surface area contributed by atoms with Crippen LogP contribution in [0.1, 0.15) is 0 Å². The number of benzene rings is 1. The summed E-state index contributed by atoms with van der Waals surface area (Å²) >= 11 is 0. The van der Waals surface area contributed by atoms with Gasteiger partial charge in [-0.3, -0.25) is 9.36 Å². The molecule has 6 nitrogen and oxygen atoms in total. The van der Waals surface area contributed by atoms with E-state index in [1.54, 1.807) is 24.3 Å². The molecule has 0 saturated heterocycles. The van der Waals surface area contributed by atoms with E-state index in [1.807, 2.05) is 6.07 Å². The molecule has 0 amide bonds. The van der Waals surface area contributed by atoms with E-state index in [1.165, 1.54) is 18.7 Å². The zero-order valence-corrected chi connectivity index (χ0v) is 12.2. The molecule has 1 aromatic heterocycles. The lowest BCUT2D eigenvalue weighted by atomic mass is 10.1. The highest BCUT2D eigenvalue weighted by Gasteiger charge is 2.15. The highest BCUT2D eigenvalue weighted by molar-refractivity contribution is 7.89. The van der Waals surface area contributed by atoms with E-state index >= 15 is 0 Å². The van der Waals surface area contributed by atoms with Gasteiger partial charge in [0.25, 0.3) is 5.56 Å². The molecule has 20 heavy (non-hydrogen) atoms. The van der Waals surface area contributed by atoms with Gasteiger partial charge in [0.2, 0.25) is 10.0 Å². The number of aromatic nitrogens is 1. The first-order valence-electron chi connectivity index (χ1n) is 6.11. The normalized spacial score (nSPS) is 12.2. The first-order chi connectivity index (χ1) is 9.33. The van der Waals surface area contributed by atoms with E-state index < -0.39 is 10.0 Å². The van der Waals surface area contributed by atoms with Crippen LogP contribution in [-0.2, 0) is 16.6 Å². The largest absolute Gasteiger partial charge is 0.385 e. The number of nitrogen functional groups attached to an aromatic ring is 1. The van der Waals surface area contributed by atoms with Crippen molar-refractivity contribution < 1.29 is 8.42 Å². The number of anilines is 1. The first kappa shape index (κ1) is 14.5. The van der Waals surface area contributed by atoms with Crippen LogP contribution in [0.3, 0.4) is 0 Å². The summed E-state index contributed by atoms with van der Waals surface area (Å²) in [7, 11) is -0.445. The van der Waals surface area contributed by atoms with Crippen LogP contribution in [0.4, 0.5) is 5.82 Å². The monoisotopic (exact) mass is 295 g/mol. The van der Waals surface area contributed by atoms with E-state index in [2.05, 4.69) is 0 Å². The van der Waals surface area contributed by atoms with Gasteiger partial charge in [-0.05, 0) is 17.5 Å². The number of hydrogen-bond donors (Lipinski definition) is 1. The molecule has 0 radical (unpaired) electrons. The molecule has 0 aliphatic carbocycles. The maximum atomic E-state index is 12.3. The molecule has 108 valence electrons. The third kappa shape index (κ3) is 2.68. The molecule has 0 unspecified atom stereocenters. The molecule has 0 spiro atoms. The second-order valence-electron chi connectivity index (χ2n) is 4.71. The summed E-state index contributed by atoms with van der Waals surface area (Å²) in [5.41, 5.74) is 5.58. The molecule has 0 aliphatic heterocycles. The summed E-state index contributed by atoms with van der Waals surface area (Å²) < 4.78 is 25.9. The van der Waals surface area contributed by atoms with Crippen LogP contribution in [0.5, 0.6) is 0 Å². The van der Waals surface area contributed by atoms with Crippen molar-refractivity contribution in [3.05, 3.63) is 40.7 Å². The average Bonchev–Trinajstić information content (AvgIpc) is 2.38. The SMILES string of the molecule is CN(C)S(=O)(=O)CCn1c(N)cc2ccccc2c1=O. The molecular weight excluding hydrogens is 278 g/mol. The Morgan fingerprint density at radius 2 is 1.90 bits per heavy atom. The molecule has 0 bridgehead atoms. The van der Waals surface area contributed by atoms with Gasteiger partial charge < -0.3 is 5.73 Å². The van der Waals surface area contributed by atoms with Crippen molar-refractivity contribution in [1.29, 1.82) is 0 Å². The van der Waals surface area contributed by atoms with Crippen molar-refractivity contribution in [1.82, 2.24) is 8.87 Å². The van der Waals surface area contributed by atoms with Crippen LogP contribution < -0.4 is 11.3 Å². The Hall–Kier alpha value is -1.86. The number of fused-ring (bicyclic) bond motifs is 1. The number of nitrogens with zero attached hydrogens (tertiary/aromatic N) is 2. The lowest BCUT2D eigenvalue weighted by Crippen LogP contribution is -2.31. The van der Waals surface area contributed by atoms with Crippen molar-refractivity contribution in [2.45, 2.75) is 6.54 Å². The van der Waals surface area contributed by atoms with Crippen LogP contribution in [0.15, 0.2) is 35.1 Å². The van der Waals surface area contributed by atoms with Crippen molar-refractivity contribution in [2.24, 2.45) is 0 Å². The second kappa shape index (κ2) is 5.26. The van der Waals surface area contributed by atoms with Gasteiger partial charge in [-0.1, -0.05) is 18.2 Å². The van der Waals surface area contributed by atoms with Crippen LogP contribution >= 0.6 is 0 Å². The predicted octanol–water partition coefficient (Wildman–Crippen LogP) is 0.475. The molecule has 2 N–H and O–H groups in total. The predicted molar refractivity (Wildman–Crippen MR) is 80.1 cm³/mol. The molecule has 0 atom stereocenters. The third-order valence-electron chi connectivity index (χ3n) is 3.18. The maximum Gasteiger partial charge on any atom is 0.260 e. The van der Waals surface area contributed by atoms with Gasteiger partial charge in [-0.25, -0.2) is 12.7 Å². The van der Waals surface area contributed by atoms with Crippen LogP contribution in [0.25, 0.3) is 10.8 Å². The fourth-order valence-corrected chi connectivity index (χ4v) is 2.72. The highest BCUT2D eigenvalue weighted by Crippen LogP contribution is 2.13. The van der Waals surface area contributed by atoms with Crippen LogP contribution in [-0.4, -0.2) is 37.1 Å². The Balaban J connectivity index is 2.43. The van der Waals surface area contributed by atoms with Gasteiger partial charge in [-0.2, -0.15) is 0 Å². The Morgan fingerprint density at radius 3 is 2.55 bits per heavy atom. The fourth-order valence-electron chi connectivity index (χ4n) is 1.94. The number of rotatable bonds is 4. The minimum Gasteiger partial charge on any atom is -0.385 e. The summed E-state index contributed by atoms with van der Waals surface area (Å²) in [4.78, 5) is 12.3. The summed E-state index contributed by atoms with van der Waals surface area (Å²) in [5.74, 6) is 0.102. The smallest absolute Gasteiger partial charge is 0.260 e. The summed E-state index contributed by atoms with van der Waals surface area (Å²) in [5, 5.41) is 1.28. The first-order valence-corrected chi connectivity index (χ1v) is 7.72. The zero-order valence-electron chi connectivity index (χ0n) is 11.4. The third-order valence-corrected chi connectivity index (χ3v) is 4.99. The van der Waals surface area contributed by atoms with E-state index in [9.17, 15) is 13.2 Å². The van der Waals surface area contributed by atoms with Gasteiger partial charge in [-0.15, -0.1) is 0 Å². The Kier molecular flexibility index (Phi) is 3.82. The number of nitrogens with two attached hydrogens (primary N) is 1. The molecule has 0 fully saturated rings. The fraction of sp³-hybridized carbons (Fsp3) is 0.308. The average molecular weight is 295 g/mol. The lowest BCUT2D eigenvalue weighted by molar-refractivity contribution is 0.515. The number of pyridine rings is 1. The quantitative estimate of drug-likeness (QED) is 0.888. The summed E-state index contributed by atoms with van der Waals surface area (Å²) in [6.07, 6.45) is 0. The zero-order chi connectivity index (χ0) is 14.9. The van der Waals surface area contributed by atoms with Gasteiger partial charge in [0, 0.05) is 26.0 Å². The molecule has 7 heteroatoms. The second-order valence-corrected chi connectivity index (χ2v) is 7.01. The van der Waals surface area contributed by atoms with Crippen molar-refractivity contribution in [3.8, 4) is 0 Å². The standard InChI is InChI=1S/C13H17N3O3S/c1-15(2)20(18,19)8-7-16-12(14)9-10-5-3-4-6-11(10)13(16)17/h3-6,9H,7-8,14H2,1-2H3. The van der Waals surface area contributed by atoms with Crippen LogP contribution in [0, 0.1) is 0 Å². The van der Waals surface area contributed by atoms with Crippen molar-refractivity contribution >= 4 is 26.6 Å². The van der Waals surface area contributed by atoms with E-state index in [-0.39, 0.29) is 23.7 Å². The molecule has 2 aromatic rings. The summed E-state index contributed by atoms with van der Waals surface area (Å²) in [6, 6.07) is 8.77. The number of hydrogen-bond acceptors (Lipinski definition) is 4. The van der Waals surface area contributed by atoms with Gasteiger partial charge in [0.15, 0.2) is 0 Å². The van der Waals surface area contributed by atoms with E-state index in [0.717, 1.165) is 9.69 Å². The highest BCUT2D eigenvalue weighted by atomic mass is 32.2. The molecule has 0 aliphatic rings. The topological polar surface area (TPSA) is 85.4 Å².